The normalized spacial score (nSPS) is 18.1. The Labute approximate surface area is 97.7 Å². The molecule has 2 N–H and O–H groups in total. The second-order valence-electron chi connectivity index (χ2n) is 4.83. The van der Waals surface area contributed by atoms with E-state index in [4.69, 9.17) is 0 Å². The van der Waals surface area contributed by atoms with E-state index in [2.05, 4.69) is 11.4 Å². The van der Waals surface area contributed by atoms with Gasteiger partial charge >= 0.3 is 0 Å². The number of anilines is 1. The third-order valence-corrected chi connectivity index (χ3v) is 3.44. The SMILES string of the molecule is Cc1ccc(NC2CCCCCC2)cc1O. The van der Waals surface area contributed by atoms with Crippen molar-refractivity contribution in [3.05, 3.63) is 23.8 Å². The van der Waals surface area contributed by atoms with Gasteiger partial charge in [0.2, 0.25) is 0 Å². The summed E-state index contributed by atoms with van der Waals surface area (Å²) in [4.78, 5) is 0. The maximum atomic E-state index is 9.65. The van der Waals surface area contributed by atoms with Gasteiger partial charge in [0.15, 0.2) is 0 Å². The summed E-state index contributed by atoms with van der Waals surface area (Å²) in [5, 5.41) is 13.2. The number of nitrogens with one attached hydrogen (secondary N) is 1. The van der Waals surface area contributed by atoms with Crippen LogP contribution in [-0.4, -0.2) is 11.1 Å². The molecule has 0 saturated heterocycles. The van der Waals surface area contributed by atoms with E-state index in [1.807, 2.05) is 19.1 Å². The highest BCUT2D eigenvalue weighted by molar-refractivity contribution is 5.51. The standard InChI is InChI=1S/C14H21NO/c1-11-8-9-13(10-14(11)16)15-12-6-4-2-3-5-7-12/h8-10,12,15-16H,2-7H2,1H3. The molecule has 0 radical (unpaired) electrons. The predicted molar refractivity (Wildman–Crippen MR) is 68.0 cm³/mol. The minimum atomic E-state index is 0.388. The van der Waals surface area contributed by atoms with Gasteiger partial charge in [-0.15, -0.1) is 0 Å². The number of aryl methyl sites for hydroxylation is 1. The van der Waals surface area contributed by atoms with Gasteiger partial charge in [-0.1, -0.05) is 31.7 Å². The van der Waals surface area contributed by atoms with E-state index in [1.54, 1.807) is 0 Å². The van der Waals surface area contributed by atoms with Crippen LogP contribution in [0.5, 0.6) is 5.75 Å². The summed E-state index contributed by atoms with van der Waals surface area (Å²) >= 11 is 0. The van der Waals surface area contributed by atoms with Gasteiger partial charge in [0.05, 0.1) is 0 Å². The van der Waals surface area contributed by atoms with Crippen LogP contribution in [0.2, 0.25) is 0 Å². The predicted octanol–water partition coefficient (Wildman–Crippen LogP) is 3.84. The number of hydrogen-bond acceptors (Lipinski definition) is 2. The zero-order valence-electron chi connectivity index (χ0n) is 10.00. The molecule has 1 aliphatic rings. The highest BCUT2D eigenvalue weighted by Gasteiger charge is 2.11. The zero-order chi connectivity index (χ0) is 11.4. The smallest absolute Gasteiger partial charge is 0.120 e. The molecule has 2 nitrogen and oxygen atoms in total. The van der Waals surface area contributed by atoms with E-state index in [9.17, 15) is 5.11 Å². The third-order valence-electron chi connectivity index (χ3n) is 3.44. The van der Waals surface area contributed by atoms with Crippen LogP contribution in [0, 0.1) is 6.92 Å². The lowest BCUT2D eigenvalue weighted by molar-refractivity contribution is 0.471. The lowest BCUT2D eigenvalue weighted by atomic mass is 10.1. The summed E-state index contributed by atoms with van der Waals surface area (Å²) in [5.74, 6) is 0.388. The Kier molecular flexibility index (Phi) is 3.70. The maximum Gasteiger partial charge on any atom is 0.120 e. The van der Waals surface area contributed by atoms with E-state index < -0.39 is 0 Å². The molecule has 0 spiro atoms. The van der Waals surface area contributed by atoms with Gasteiger partial charge in [0.1, 0.15) is 5.75 Å². The average Bonchev–Trinajstić information content (AvgIpc) is 2.52. The molecule has 2 heteroatoms. The van der Waals surface area contributed by atoms with Crippen molar-refractivity contribution < 1.29 is 5.11 Å². The third kappa shape index (κ3) is 2.91. The molecule has 1 saturated carbocycles. The molecule has 0 amide bonds. The Balaban J connectivity index is 1.99. The fourth-order valence-electron chi connectivity index (χ4n) is 2.36. The molecule has 0 aromatic heterocycles. The topological polar surface area (TPSA) is 32.3 Å². The van der Waals surface area contributed by atoms with Crippen LogP contribution in [0.25, 0.3) is 0 Å². The molecule has 0 unspecified atom stereocenters. The van der Waals surface area contributed by atoms with Crippen LogP contribution in [0.15, 0.2) is 18.2 Å². The van der Waals surface area contributed by atoms with Crippen molar-refractivity contribution in [3.8, 4) is 5.75 Å². The molecular weight excluding hydrogens is 198 g/mol. The number of rotatable bonds is 2. The first-order valence-electron chi connectivity index (χ1n) is 6.32. The second kappa shape index (κ2) is 5.24. The molecule has 0 atom stereocenters. The summed E-state index contributed by atoms with van der Waals surface area (Å²) in [6.45, 7) is 1.92. The minimum absolute atomic E-state index is 0.388. The van der Waals surface area contributed by atoms with Gasteiger partial charge in [-0.05, 0) is 31.4 Å². The molecule has 88 valence electrons. The van der Waals surface area contributed by atoms with Crippen LogP contribution in [0.4, 0.5) is 5.69 Å². The van der Waals surface area contributed by atoms with Crippen molar-refractivity contribution in [1.29, 1.82) is 0 Å². The number of hydrogen-bond donors (Lipinski definition) is 2. The van der Waals surface area contributed by atoms with Crippen LogP contribution < -0.4 is 5.32 Å². The average molecular weight is 219 g/mol. The lowest BCUT2D eigenvalue weighted by Crippen LogP contribution is -2.18. The molecule has 1 fully saturated rings. The van der Waals surface area contributed by atoms with E-state index in [0.29, 0.717) is 11.8 Å². The Bertz CT molecular complexity index is 341. The molecule has 1 aromatic rings. The van der Waals surface area contributed by atoms with Gasteiger partial charge in [0, 0.05) is 17.8 Å². The van der Waals surface area contributed by atoms with Crippen LogP contribution in [-0.2, 0) is 0 Å². The Morgan fingerprint density at radius 1 is 1.12 bits per heavy atom. The summed E-state index contributed by atoms with van der Waals surface area (Å²) in [5.41, 5.74) is 1.99. The van der Waals surface area contributed by atoms with Crippen molar-refractivity contribution in [2.75, 3.05) is 5.32 Å². The summed E-state index contributed by atoms with van der Waals surface area (Å²) < 4.78 is 0. The molecule has 2 rings (SSSR count). The molecular formula is C14H21NO. The zero-order valence-corrected chi connectivity index (χ0v) is 10.00. The second-order valence-corrected chi connectivity index (χ2v) is 4.83. The summed E-state index contributed by atoms with van der Waals surface area (Å²) in [6, 6.07) is 6.44. The molecule has 1 aromatic carbocycles. The Morgan fingerprint density at radius 2 is 1.81 bits per heavy atom. The van der Waals surface area contributed by atoms with Crippen molar-refractivity contribution in [2.24, 2.45) is 0 Å². The highest BCUT2D eigenvalue weighted by atomic mass is 16.3. The number of phenolic OH excluding ortho intramolecular Hbond substituents is 1. The largest absolute Gasteiger partial charge is 0.508 e. The van der Waals surface area contributed by atoms with Gasteiger partial charge in [-0.3, -0.25) is 0 Å². The van der Waals surface area contributed by atoms with Crippen molar-refractivity contribution in [1.82, 2.24) is 0 Å². The Morgan fingerprint density at radius 3 is 2.44 bits per heavy atom. The fraction of sp³-hybridized carbons (Fsp3) is 0.571. The molecule has 0 heterocycles. The molecule has 0 aliphatic heterocycles. The summed E-state index contributed by atoms with van der Waals surface area (Å²) in [7, 11) is 0. The van der Waals surface area contributed by atoms with Crippen LogP contribution in [0.3, 0.4) is 0 Å². The van der Waals surface area contributed by atoms with E-state index in [1.165, 1.54) is 38.5 Å². The van der Waals surface area contributed by atoms with Gasteiger partial charge in [0.25, 0.3) is 0 Å². The van der Waals surface area contributed by atoms with Crippen molar-refractivity contribution in [2.45, 2.75) is 51.5 Å². The van der Waals surface area contributed by atoms with Gasteiger partial charge < -0.3 is 10.4 Å². The lowest BCUT2D eigenvalue weighted by Gasteiger charge is -2.18. The monoisotopic (exact) mass is 219 g/mol. The number of aromatic hydroxyl groups is 1. The van der Waals surface area contributed by atoms with Crippen LogP contribution in [0.1, 0.15) is 44.1 Å². The van der Waals surface area contributed by atoms with E-state index in [-0.39, 0.29) is 0 Å². The first kappa shape index (κ1) is 11.3. The quantitative estimate of drug-likeness (QED) is 0.741. The molecule has 0 bridgehead atoms. The number of benzene rings is 1. The minimum Gasteiger partial charge on any atom is -0.508 e. The van der Waals surface area contributed by atoms with Crippen molar-refractivity contribution in [3.63, 3.8) is 0 Å². The summed E-state index contributed by atoms with van der Waals surface area (Å²) in [6.07, 6.45) is 7.92. The fourth-order valence-corrected chi connectivity index (χ4v) is 2.36. The Hall–Kier alpha value is -1.18. The van der Waals surface area contributed by atoms with Gasteiger partial charge in [-0.25, -0.2) is 0 Å². The first-order valence-corrected chi connectivity index (χ1v) is 6.32. The van der Waals surface area contributed by atoms with Crippen molar-refractivity contribution >= 4 is 5.69 Å². The van der Waals surface area contributed by atoms with E-state index in [0.717, 1.165) is 11.3 Å². The van der Waals surface area contributed by atoms with Crippen LogP contribution >= 0.6 is 0 Å². The highest BCUT2D eigenvalue weighted by Crippen LogP contribution is 2.24. The number of phenols is 1. The first-order chi connectivity index (χ1) is 7.75. The maximum absolute atomic E-state index is 9.65. The van der Waals surface area contributed by atoms with E-state index >= 15 is 0 Å². The molecule has 16 heavy (non-hydrogen) atoms. The van der Waals surface area contributed by atoms with Gasteiger partial charge in [-0.2, -0.15) is 0 Å². The molecule has 1 aliphatic carbocycles.